The second-order valence-corrected chi connectivity index (χ2v) is 4.62. The van der Waals surface area contributed by atoms with Gasteiger partial charge in [-0.3, -0.25) is 0 Å². The molecule has 1 saturated heterocycles. The number of benzene rings is 1. The topological polar surface area (TPSA) is 41.5 Å². The number of nitrogens with one attached hydrogen (secondary N) is 1. The number of rotatable bonds is 5. The summed E-state index contributed by atoms with van der Waals surface area (Å²) in [5.41, 5.74) is 1.27. The normalized spacial score (nSPS) is 19.1. The van der Waals surface area contributed by atoms with E-state index in [9.17, 15) is 5.11 Å². The highest BCUT2D eigenvalue weighted by Gasteiger charge is 2.17. The van der Waals surface area contributed by atoms with E-state index in [0.717, 1.165) is 32.5 Å². The quantitative estimate of drug-likeness (QED) is 0.809. The number of ether oxygens (including phenoxy) is 1. The van der Waals surface area contributed by atoms with E-state index in [0.29, 0.717) is 6.04 Å². The molecular weight excluding hydrogens is 214 g/mol. The van der Waals surface area contributed by atoms with Crippen molar-refractivity contribution in [2.24, 2.45) is 0 Å². The maximum Gasteiger partial charge on any atom is 0.0587 e. The standard InChI is InChI=1S/C14H21NO2/c16-11-14(10-12-4-2-1-3-5-12)15-13-6-8-17-9-7-13/h1-5,13-16H,6-11H2/t14-/m0/s1. The van der Waals surface area contributed by atoms with Gasteiger partial charge in [-0.2, -0.15) is 0 Å². The first-order valence-electron chi connectivity index (χ1n) is 6.37. The largest absolute Gasteiger partial charge is 0.395 e. The van der Waals surface area contributed by atoms with Gasteiger partial charge in [0, 0.05) is 25.3 Å². The van der Waals surface area contributed by atoms with Crippen LogP contribution in [0.2, 0.25) is 0 Å². The molecule has 0 bridgehead atoms. The van der Waals surface area contributed by atoms with Gasteiger partial charge >= 0.3 is 0 Å². The third-order valence-corrected chi connectivity index (χ3v) is 3.24. The molecule has 0 spiro atoms. The van der Waals surface area contributed by atoms with Crippen LogP contribution < -0.4 is 5.32 Å². The van der Waals surface area contributed by atoms with E-state index in [2.05, 4.69) is 17.4 Å². The van der Waals surface area contributed by atoms with Crippen molar-refractivity contribution in [3.63, 3.8) is 0 Å². The van der Waals surface area contributed by atoms with Crippen LogP contribution >= 0.6 is 0 Å². The highest BCUT2D eigenvalue weighted by atomic mass is 16.5. The summed E-state index contributed by atoms with van der Waals surface area (Å²) in [5.74, 6) is 0. The zero-order valence-electron chi connectivity index (χ0n) is 10.1. The molecule has 0 aromatic heterocycles. The molecule has 17 heavy (non-hydrogen) atoms. The van der Waals surface area contributed by atoms with E-state index >= 15 is 0 Å². The molecule has 1 aromatic rings. The van der Waals surface area contributed by atoms with Crippen molar-refractivity contribution in [2.45, 2.75) is 31.3 Å². The molecule has 0 saturated carbocycles. The highest BCUT2D eigenvalue weighted by molar-refractivity contribution is 5.15. The average Bonchev–Trinajstić information content (AvgIpc) is 2.40. The maximum atomic E-state index is 9.42. The zero-order valence-corrected chi connectivity index (χ0v) is 10.1. The molecular formula is C14H21NO2. The summed E-state index contributed by atoms with van der Waals surface area (Å²) in [7, 11) is 0. The Morgan fingerprint density at radius 2 is 1.94 bits per heavy atom. The van der Waals surface area contributed by atoms with Crippen molar-refractivity contribution >= 4 is 0 Å². The van der Waals surface area contributed by atoms with Crippen molar-refractivity contribution in [1.29, 1.82) is 0 Å². The fourth-order valence-electron chi connectivity index (χ4n) is 2.27. The first-order chi connectivity index (χ1) is 8.38. The van der Waals surface area contributed by atoms with E-state index in [1.54, 1.807) is 0 Å². The number of hydrogen-bond acceptors (Lipinski definition) is 3. The third-order valence-electron chi connectivity index (χ3n) is 3.24. The van der Waals surface area contributed by atoms with Gasteiger partial charge < -0.3 is 15.2 Å². The SMILES string of the molecule is OC[C@H](Cc1ccccc1)NC1CCOCC1. The second kappa shape index (κ2) is 6.74. The summed E-state index contributed by atoms with van der Waals surface area (Å²) in [6, 6.07) is 11.0. The van der Waals surface area contributed by atoms with Crippen molar-refractivity contribution in [3.05, 3.63) is 35.9 Å². The lowest BCUT2D eigenvalue weighted by Gasteiger charge is -2.27. The summed E-state index contributed by atoms with van der Waals surface area (Å²) < 4.78 is 5.33. The van der Waals surface area contributed by atoms with Crippen LogP contribution in [0.3, 0.4) is 0 Å². The van der Waals surface area contributed by atoms with Crippen LogP contribution in [0, 0.1) is 0 Å². The number of hydrogen-bond donors (Lipinski definition) is 2. The minimum absolute atomic E-state index is 0.153. The van der Waals surface area contributed by atoms with E-state index in [1.807, 2.05) is 18.2 Å². The van der Waals surface area contributed by atoms with Crippen LogP contribution in [0.15, 0.2) is 30.3 Å². The lowest BCUT2D eigenvalue weighted by molar-refractivity contribution is 0.0715. The van der Waals surface area contributed by atoms with E-state index in [-0.39, 0.29) is 12.6 Å². The molecule has 0 unspecified atom stereocenters. The smallest absolute Gasteiger partial charge is 0.0587 e. The van der Waals surface area contributed by atoms with E-state index in [1.165, 1.54) is 5.56 Å². The highest BCUT2D eigenvalue weighted by Crippen LogP contribution is 2.09. The Kier molecular flexibility index (Phi) is 4.98. The summed E-state index contributed by atoms with van der Waals surface area (Å²) in [4.78, 5) is 0. The van der Waals surface area contributed by atoms with Gasteiger partial charge in [-0.05, 0) is 24.8 Å². The summed E-state index contributed by atoms with van der Waals surface area (Å²) >= 11 is 0. The lowest BCUT2D eigenvalue weighted by Crippen LogP contribution is -2.44. The van der Waals surface area contributed by atoms with Gasteiger partial charge in [0.05, 0.1) is 6.61 Å². The lowest BCUT2D eigenvalue weighted by atomic mass is 10.0. The average molecular weight is 235 g/mol. The van der Waals surface area contributed by atoms with Crippen LogP contribution in [0.25, 0.3) is 0 Å². The van der Waals surface area contributed by atoms with Gasteiger partial charge in [-0.25, -0.2) is 0 Å². The molecule has 1 aromatic carbocycles. The molecule has 1 aliphatic rings. The predicted octanol–water partition coefficient (Wildman–Crippen LogP) is 1.36. The molecule has 0 amide bonds. The third kappa shape index (κ3) is 4.11. The molecule has 94 valence electrons. The molecule has 0 aliphatic carbocycles. The van der Waals surface area contributed by atoms with Gasteiger partial charge in [0.2, 0.25) is 0 Å². The van der Waals surface area contributed by atoms with Crippen LogP contribution in [0.5, 0.6) is 0 Å². The number of aliphatic hydroxyl groups is 1. The van der Waals surface area contributed by atoms with Crippen LogP contribution in [0.1, 0.15) is 18.4 Å². The van der Waals surface area contributed by atoms with E-state index < -0.39 is 0 Å². The summed E-state index contributed by atoms with van der Waals surface area (Å²) in [6.07, 6.45) is 2.98. The van der Waals surface area contributed by atoms with Gasteiger partial charge in [-0.1, -0.05) is 30.3 Å². The van der Waals surface area contributed by atoms with Crippen molar-refractivity contribution in [1.82, 2.24) is 5.32 Å². The minimum atomic E-state index is 0.153. The number of aliphatic hydroxyl groups excluding tert-OH is 1. The molecule has 3 nitrogen and oxygen atoms in total. The Morgan fingerprint density at radius 3 is 2.59 bits per heavy atom. The Labute approximate surface area is 103 Å². The Hall–Kier alpha value is -0.900. The fraction of sp³-hybridized carbons (Fsp3) is 0.571. The Bertz CT molecular complexity index is 309. The molecule has 2 N–H and O–H groups in total. The van der Waals surface area contributed by atoms with Crippen molar-refractivity contribution < 1.29 is 9.84 Å². The molecule has 1 heterocycles. The van der Waals surface area contributed by atoms with Gasteiger partial charge in [-0.15, -0.1) is 0 Å². The summed E-state index contributed by atoms with van der Waals surface area (Å²) in [5, 5.41) is 12.9. The molecule has 1 fully saturated rings. The van der Waals surface area contributed by atoms with Crippen LogP contribution in [-0.4, -0.2) is 37.0 Å². The minimum Gasteiger partial charge on any atom is -0.395 e. The van der Waals surface area contributed by atoms with Gasteiger partial charge in [0.15, 0.2) is 0 Å². The molecule has 1 aliphatic heterocycles. The summed E-state index contributed by atoms with van der Waals surface area (Å²) in [6.45, 7) is 1.86. The second-order valence-electron chi connectivity index (χ2n) is 4.62. The van der Waals surface area contributed by atoms with E-state index in [4.69, 9.17) is 4.74 Å². The van der Waals surface area contributed by atoms with Crippen LogP contribution in [0.4, 0.5) is 0 Å². The monoisotopic (exact) mass is 235 g/mol. The van der Waals surface area contributed by atoms with Gasteiger partial charge in [0.1, 0.15) is 0 Å². The predicted molar refractivity (Wildman–Crippen MR) is 68.0 cm³/mol. The van der Waals surface area contributed by atoms with Crippen molar-refractivity contribution in [2.75, 3.05) is 19.8 Å². The van der Waals surface area contributed by atoms with Gasteiger partial charge in [0.25, 0.3) is 0 Å². The zero-order chi connectivity index (χ0) is 11.9. The molecule has 0 radical (unpaired) electrons. The maximum absolute atomic E-state index is 9.42. The molecule has 2 rings (SSSR count). The molecule has 1 atom stereocenters. The Balaban J connectivity index is 1.83. The first-order valence-corrected chi connectivity index (χ1v) is 6.37. The first kappa shape index (κ1) is 12.6. The Morgan fingerprint density at radius 1 is 1.24 bits per heavy atom. The fourth-order valence-corrected chi connectivity index (χ4v) is 2.27. The van der Waals surface area contributed by atoms with Crippen molar-refractivity contribution in [3.8, 4) is 0 Å². The van der Waals surface area contributed by atoms with Crippen LogP contribution in [-0.2, 0) is 11.2 Å². The molecule has 3 heteroatoms.